The molecule has 0 saturated heterocycles. The van der Waals surface area contributed by atoms with E-state index in [1.165, 1.54) is 0 Å². The Morgan fingerprint density at radius 3 is 2.21 bits per heavy atom. The van der Waals surface area contributed by atoms with Gasteiger partial charge in [0.05, 0.1) is 0 Å². The number of halogens is 1. The summed E-state index contributed by atoms with van der Waals surface area (Å²) in [5.41, 5.74) is 2.95. The number of anilines is 1. The predicted octanol–water partition coefficient (Wildman–Crippen LogP) is 2.82. The van der Waals surface area contributed by atoms with Gasteiger partial charge in [0.1, 0.15) is 0 Å². The van der Waals surface area contributed by atoms with E-state index in [2.05, 4.69) is 26.6 Å². The fourth-order valence-corrected chi connectivity index (χ4v) is 1.97. The molecule has 0 aliphatic rings. The van der Waals surface area contributed by atoms with Gasteiger partial charge >= 0.3 is 6.03 Å². The van der Waals surface area contributed by atoms with Crippen LogP contribution in [0.4, 0.5) is 10.5 Å². The Hall–Kier alpha value is -1.03. The Labute approximate surface area is 92.0 Å². The molecule has 1 rings (SSSR count). The van der Waals surface area contributed by atoms with E-state index in [9.17, 15) is 4.79 Å². The molecule has 0 saturated carbocycles. The van der Waals surface area contributed by atoms with Crippen LogP contribution in [-0.2, 0) is 0 Å². The molecule has 0 aromatic heterocycles. The van der Waals surface area contributed by atoms with Gasteiger partial charge < -0.3 is 10.6 Å². The van der Waals surface area contributed by atoms with Crippen molar-refractivity contribution in [2.24, 2.45) is 0 Å². The van der Waals surface area contributed by atoms with Crippen LogP contribution in [0.15, 0.2) is 16.6 Å². The van der Waals surface area contributed by atoms with Crippen molar-refractivity contribution < 1.29 is 4.79 Å². The normalized spacial score (nSPS) is 9.71. The van der Waals surface area contributed by atoms with Gasteiger partial charge in [0.15, 0.2) is 0 Å². The fraction of sp³-hybridized carbons (Fsp3) is 0.300. The van der Waals surface area contributed by atoms with E-state index >= 15 is 0 Å². The zero-order chi connectivity index (χ0) is 10.7. The van der Waals surface area contributed by atoms with E-state index in [4.69, 9.17) is 0 Å². The number of amides is 2. The average molecular weight is 257 g/mol. The van der Waals surface area contributed by atoms with E-state index in [1.54, 1.807) is 7.05 Å². The number of hydrogen-bond acceptors (Lipinski definition) is 1. The largest absolute Gasteiger partial charge is 0.341 e. The maximum absolute atomic E-state index is 11.1. The Kier molecular flexibility index (Phi) is 3.52. The molecule has 0 aliphatic heterocycles. The van der Waals surface area contributed by atoms with Crippen LogP contribution in [0.25, 0.3) is 0 Å². The molecule has 0 fully saturated rings. The Bertz CT molecular complexity index is 340. The molecule has 14 heavy (non-hydrogen) atoms. The number of hydrogen-bond donors (Lipinski definition) is 2. The number of rotatable bonds is 1. The summed E-state index contributed by atoms with van der Waals surface area (Å²) in [6.07, 6.45) is 0. The van der Waals surface area contributed by atoms with Gasteiger partial charge in [-0.05, 0) is 37.1 Å². The minimum Gasteiger partial charge on any atom is -0.341 e. The van der Waals surface area contributed by atoms with E-state index in [0.717, 1.165) is 21.3 Å². The number of aryl methyl sites for hydroxylation is 2. The lowest BCUT2D eigenvalue weighted by atomic mass is 10.1. The van der Waals surface area contributed by atoms with Crippen molar-refractivity contribution >= 4 is 27.6 Å². The Morgan fingerprint density at radius 2 is 1.79 bits per heavy atom. The van der Waals surface area contributed by atoms with Crippen LogP contribution in [0.2, 0.25) is 0 Å². The molecule has 0 unspecified atom stereocenters. The van der Waals surface area contributed by atoms with Crippen molar-refractivity contribution in [3.63, 3.8) is 0 Å². The molecule has 0 aliphatic carbocycles. The minimum absolute atomic E-state index is 0.196. The molecule has 1 aromatic rings. The van der Waals surface area contributed by atoms with Crippen LogP contribution in [0.1, 0.15) is 11.1 Å². The molecule has 2 N–H and O–H groups in total. The van der Waals surface area contributed by atoms with Crippen LogP contribution >= 0.6 is 15.9 Å². The maximum atomic E-state index is 11.1. The lowest BCUT2D eigenvalue weighted by Gasteiger charge is -2.11. The molecule has 0 heterocycles. The van der Waals surface area contributed by atoms with Gasteiger partial charge in [-0.15, -0.1) is 0 Å². The minimum atomic E-state index is -0.196. The molecular formula is C10H13BrN2O. The van der Waals surface area contributed by atoms with Gasteiger partial charge in [0.2, 0.25) is 0 Å². The highest BCUT2D eigenvalue weighted by Gasteiger charge is 2.06. The summed E-state index contributed by atoms with van der Waals surface area (Å²) in [7, 11) is 1.60. The third kappa shape index (κ3) is 2.48. The highest BCUT2D eigenvalue weighted by atomic mass is 79.9. The summed E-state index contributed by atoms with van der Waals surface area (Å²) in [6.45, 7) is 3.92. The lowest BCUT2D eigenvalue weighted by molar-refractivity contribution is 0.254. The fourth-order valence-electron chi connectivity index (χ4n) is 1.28. The average Bonchev–Trinajstić information content (AvgIpc) is 2.10. The van der Waals surface area contributed by atoms with Gasteiger partial charge in [-0.1, -0.05) is 15.9 Å². The standard InChI is InChI=1S/C10H13BrN2O/c1-6-4-8(11)5-7(2)9(6)13-10(14)12-3/h4-5H,1-3H3,(H2,12,13,14). The van der Waals surface area contributed by atoms with Crippen LogP contribution in [0.3, 0.4) is 0 Å². The van der Waals surface area contributed by atoms with Crippen molar-refractivity contribution in [3.8, 4) is 0 Å². The second-order valence-electron chi connectivity index (χ2n) is 3.12. The molecule has 0 atom stereocenters. The van der Waals surface area contributed by atoms with Crippen molar-refractivity contribution in [2.45, 2.75) is 13.8 Å². The number of carbonyl (C=O) groups excluding carboxylic acids is 1. The summed E-state index contributed by atoms with van der Waals surface area (Å²) >= 11 is 3.40. The number of urea groups is 1. The SMILES string of the molecule is CNC(=O)Nc1c(C)cc(Br)cc1C. The monoisotopic (exact) mass is 256 g/mol. The van der Waals surface area contributed by atoms with Gasteiger partial charge in [-0.25, -0.2) is 4.79 Å². The number of carbonyl (C=O) groups is 1. The summed E-state index contributed by atoms with van der Waals surface area (Å²) in [6, 6.07) is 3.75. The first-order chi connectivity index (χ1) is 6.54. The van der Waals surface area contributed by atoms with Crippen molar-refractivity contribution in [3.05, 3.63) is 27.7 Å². The smallest absolute Gasteiger partial charge is 0.318 e. The molecule has 1 aromatic carbocycles. The topological polar surface area (TPSA) is 41.1 Å². The molecule has 3 nitrogen and oxygen atoms in total. The lowest BCUT2D eigenvalue weighted by Crippen LogP contribution is -2.25. The molecular weight excluding hydrogens is 244 g/mol. The molecule has 76 valence electrons. The summed E-state index contributed by atoms with van der Waals surface area (Å²) in [4.78, 5) is 11.1. The number of nitrogens with one attached hydrogen (secondary N) is 2. The zero-order valence-corrected chi connectivity index (χ0v) is 10.0. The molecule has 4 heteroatoms. The first-order valence-corrected chi connectivity index (χ1v) is 5.09. The van der Waals surface area contributed by atoms with Crippen LogP contribution in [-0.4, -0.2) is 13.1 Å². The maximum Gasteiger partial charge on any atom is 0.318 e. The van der Waals surface area contributed by atoms with Crippen LogP contribution < -0.4 is 10.6 Å². The van der Waals surface area contributed by atoms with Gasteiger partial charge in [-0.2, -0.15) is 0 Å². The van der Waals surface area contributed by atoms with E-state index < -0.39 is 0 Å². The van der Waals surface area contributed by atoms with Crippen LogP contribution in [0.5, 0.6) is 0 Å². The molecule has 0 spiro atoms. The zero-order valence-electron chi connectivity index (χ0n) is 8.44. The molecule has 0 radical (unpaired) electrons. The third-order valence-electron chi connectivity index (χ3n) is 1.96. The number of benzene rings is 1. The quantitative estimate of drug-likeness (QED) is 0.798. The van der Waals surface area contributed by atoms with Gasteiger partial charge in [0.25, 0.3) is 0 Å². The predicted molar refractivity (Wildman–Crippen MR) is 61.7 cm³/mol. The van der Waals surface area contributed by atoms with Gasteiger partial charge in [-0.3, -0.25) is 0 Å². The van der Waals surface area contributed by atoms with Gasteiger partial charge in [0, 0.05) is 17.2 Å². The first-order valence-electron chi connectivity index (χ1n) is 4.30. The van der Waals surface area contributed by atoms with E-state index in [-0.39, 0.29) is 6.03 Å². The summed E-state index contributed by atoms with van der Waals surface area (Å²) < 4.78 is 1.02. The molecule has 2 amide bonds. The van der Waals surface area contributed by atoms with E-state index in [0.29, 0.717) is 0 Å². The summed E-state index contributed by atoms with van der Waals surface area (Å²) in [5, 5.41) is 5.31. The Balaban J connectivity index is 3.02. The van der Waals surface area contributed by atoms with Crippen molar-refractivity contribution in [2.75, 3.05) is 12.4 Å². The van der Waals surface area contributed by atoms with Crippen molar-refractivity contribution in [1.29, 1.82) is 0 Å². The second kappa shape index (κ2) is 4.46. The second-order valence-corrected chi connectivity index (χ2v) is 4.03. The molecule has 0 bridgehead atoms. The first kappa shape index (κ1) is 11.0. The Morgan fingerprint density at radius 1 is 1.29 bits per heavy atom. The third-order valence-corrected chi connectivity index (χ3v) is 2.42. The van der Waals surface area contributed by atoms with E-state index in [1.807, 2.05) is 26.0 Å². The highest BCUT2D eigenvalue weighted by molar-refractivity contribution is 9.10. The highest BCUT2D eigenvalue weighted by Crippen LogP contribution is 2.24. The van der Waals surface area contributed by atoms with Crippen molar-refractivity contribution in [1.82, 2.24) is 5.32 Å². The summed E-state index contributed by atoms with van der Waals surface area (Å²) in [5.74, 6) is 0. The van der Waals surface area contributed by atoms with Crippen LogP contribution in [0, 0.1) is 13.8 Å².